The van der Waals surface area contributed by atoms with Gasteiger partial charge >= 0.3 is 0 Å². The van der Waals surface area contributed by atoms with Crippen molar-refractivity contribution in [1.29, 1.82) is 0 Å². The molecule has 188 valence electrons. The Balaban J connectivity index is 1.24. The molecule has 3 heterocycles. The van der Waals surface area contributed by atoms with E-state index in [9.17, 15) is 4.79 Å². The average molecular weight is 486 g/mol. The Hall–Kier alpha value is -3.65. The predicted octanol–water partition coefficient (Wildman–Crippen LogP) is 4.05. The van der Waals surface area contributed by atoms with Gasteiger partial charge in [0.15, 0.2) is 0 Å². The highest BCUT2D eigenvalue weighted by Crippen LogP contribution is 2.29. The third-order valence-electron chi connectivity index (χ3n) is 7.40. The highest BCUT2D eigenvalue weighted by molar-refractivity contribution is 5.96. The third-order valence-corrected chi connectivity index (χ3v) is 7.40. The van der Waals surface area contributed by atoms with Gasteiger partial charge in [-0.05, 0) is 87.1 Å². The van der Waals surface area contributed by atoms with Crippen LogP contribution in [0.1, 0.15) is 52.5 Å². The third kappa shape index (κ3) is 4.99. The molecule has 1 unspecified atom stereocenters. The molecule has 3 aromatic rings. The van der Waals surface area contributed by atoms with Gasteiger partial charge in [-0.3, -0.25) is 9.69 Å². The topological polar surface area (TPSA) is 113 Å². The number of nitrogen functional groups attached to an aromatic ring is 2. The lowest BCUT2D eigenvalue weighted by atomic mass is 9.94. The van der Waals surface area contributed by atoms with Crippen molar-refractivity contribution in [2.75, 3.05) is 29.9 Å². The van der Waals surface area contributed by atoms with E-state index >= 15 is 0 Å². The summed E-state index contributed by atoms with van der Waals surface area (Å²) in [6.45, 7) is 8.72. The average Bonchev–Trinajstić information content (AvgIpc) is 2.84. The molecule has 5 N–H and O–H groups in total. The molecule has 2 aliphatic heterocycles. The fourth-order valence-corrected chi connectivity index (χ4v) is 5.53. The first kappa shape index (κ1) is 24.1. The number of nitrogens with zero attached hydrogens (tertiary/aromatic N) is 4. The number of fused-ring (bicyclic) bond motifs is 1. The van der Waals surface area contributed by atoms with Gasteiger partial charge in [0.2, 0.25) is 5.95 Å². The number of nitrogens with two attached hydrogens (primary N) is 2. The van der Waals surface area contributed by atoms with Crippen LogP contribution in [0.3, 0.4) is 0 Å². The minimum Gasteiger partial charge on any atom is -0.397 e. The monoisotopic (exact) mass is 485 g/mol. The summed E-state index contributed by atoms with van der Waals surface area (Å²) < 4.78 is 0. The van der Waals surface area contributed by atoms with Crippen molar-refractivity contribution in [3.63, 3.8) is 0 Å². The van der Waals surface area contributed by atoms with Gasteiger partial charge in [0.05, 0.1) is 17.1 Å². The van der Waals surface area contributed by atoms with Crippen LogP contribution in [0.5, 0.6) is 0 Å². The number of rotatable bonds is 4. The van der Waals surface area contributed by atoms with E-state index in [0.717, 1.165) is 50.3 Å². The van der Waals surface area contributed by atoms with Gasteiger partial charge < -0.3 is 21.7 Å². The fraction of sp³-hybridized carbons (Fsp3) is 0.393. The Morgan fingerprint density at radius 1 is 1.03 bits per heavy atom. The molecule has 1 aromatic heterocycles. The van der Waals surface area contributed by atoms with Crippen LogP contribution in [-0.4, -0.2) is 50.8 Å². The van der Waals surface area contributed by atoms with Gasteiger partial charge in [-0.15, -0.1) is 0 Å². The van der Waals surface area contributed by atoms with Gasteiger partial charge in [-0.25, -0.2) is 9.97 Å². The maximum absolute atomic E-state index is 13.0. The summed E-state index contributed by atoms with van der Waals surface area (Å²) in [5, 5.41) is 3.38. The molecule has 5 rings (SSSR count). The van der Waals surface area contributed by atoms with Crippen LogP contribution in [0.4, 0.5) is 23.0 Å². The Morgan fingerprint density at radius 3 is 2.44 bits per heavy atom. The van der Waals surface area contributed by atoms with Crippen LogP contribution in [0.15, 0.2) is 42.6 Å². The maximum atomic E-state index is 13.0. The van der Waals surface area contributed by atoms with Crippen molar-refractivity contribution in [2.45, 2.75) is 58.7 Å². The lowest BCUT2D eigenvalue weighted by Crippen LogP contribution is -2.51. The number of carbonyl (C=O) groups excluding carboxylic acids is 1. The van der Waals surface area contributed by atoms with Crippen molar-refractivity contribution < 1.29 is 4.79 Å². The van der Waals surface area contributed by atoms with Crippen molar-refractivity contribution in [2.24, 2.45) is 0 Å². The van der Waals surface area contributed by atoms with Crippen LogP contribution in [0, 0.1) is 13.8 Å². The minimum atomic E-state index is 0.0204. The lowest BCUT2D eigenvalue weighted by molar-refractivity contribution is 0.0493. The predicted molar refractivity (Wildman–Crippen MR) is 144 cm³/mol. The van der Waals surface area contributed by atoms with Crippen molar-refractivity contribution in [3.05, 3.63) is 70.5 Å². The largest absolute Gasteiger partial charge is 0.397 e. The van der Waals surface area contributed by atoms with Gasteiger partial charge in [0.25, 0.3) is 5.91 Å². The zero-order valence-corrected chi connectivity index (χ0v) is 21.3. The number of amides is 1. The number of anilines is 4. The Kier molecular flexibility index (Phi) is 6.53. The van der Waals surface area contributed by atoms with E-state index in [1.165, 1.54) is 16.7 Å². The molecule has 2 aliphatic rings. The highest BCUT2D eigenvalue weighted by atomic mass is 16.2. The summed E-state index contributed by atoms with van der Waals surface area (Å²) in [5.41, 5.74) is 19.0. The number of hydrogen-bond donors (Lipinski definition) is 3. The number of aromatic nitrogens is 2. The minimum absolute atomic E-state index is 0.0204. The molecule has 8 heteroatoms. The molecular weight excluding hydrogens is 450 g/mol. The SMILES string of the molecule is Cc1cc(C)cc(Nc2ncc3c(n2)CN(C2CCN(C(=O)c4ccc(N)c(N)c4)CC2)C(C)C3)c1. The van der Waals surface area contributed by atoms with Crippen LogP contribution in [0.2, 0.25) is 0 Å². The molecule has 1 amide bonds. The number of piperidine rings is 1. The van der Waals surface area contributed by atoms with Gasteiger partial charge in [-0.2, -0.15) is 0 Å². The maximum Gasteiger partial charge on any atom is 0.253 e. The van der Waals surface area contributed by atoms with Gasteiger partial charge in [-0.1, -0.05) is 6.07 Å². The molecule has 0 spiro atoms. The second kappa shape index (κ2) is 9.78. The number of carbonyl (C=O) groups is 1. The van der Waals surface area contributed by atoms with Crippen LogP contribution >= 0.6 is 0 Å². The summed E-state index contributed by atoms with van der Waals surface area (Å²) in [4.78, 5) is 27.0. The standard InChI is InChI=1S/C28H35N7O/c1-17-10-18(2)12-22(11-17)32-28-31-15-21-13-19(3)35(16-26(21)33-28)23-6-8-34(9-7-23)27(36)20-4-5-24(29)25(30)14-20/h4-5,10-12,14-15,19,23H,6-9,13,16,29-30H2,1-3H3,(H,31,32,33). The molecule has 36 heavy (non-hydrogen) atoms. The van der Waals surface area contributed by atoms with Crippen molar-refractivity contribution >= 4 is 28.9 Å². The molecule has 1 saturated heterocycles. The fourth-order valence-electron chi connectivity index (χ4n) is 5.53. The van der Waals surface area contributed by atoms with Gasteiger partial charge in [0, 0.05) is 49.2 Å². The van der Waals surface area contributed by atoms with Crippen LogP contribution in [0.25, 0.3) is 0 Å². The summed E-state index contributed by atoms with van der Waals surface area (Å²) in [6.07, 6.45) is 4.78. The van der Waals surface area contributed by atoms with E-state index in [1.54, 1.807) is 18.2 Å². The van der Waals surface area contributed by atoms with E-state index in [1.807, 2.05) is 11.1 Å². The number of likely N-dealkylation sites (tertiary alicyclic amines) is 1. The molecule has 1 atom stereocenters. The van der Waals surface area contributed by atoms with E-state index < -0.39 is 0 Å². The lowest BCUT2D eigenvalue weighted by Gasteiger charge is -2.43. The summed E-state index contributed by atoms with van der Waals surface area (Å²) in [6, 6.07) is 12.3. The number of benzene rings is 2. The zero-order valence-electron chi connectivity index (χ0n) is 21.3. The Bertz CT molecular complexity index is 1260. The number of hydrogen-bond acceptors (Lipinski definition) is 7. The Labute approximate surface area is 212 Å². The molecular formula is C28H35N7O. The van der Waals surface area contributed by atoms with Crippen molar-refractivity contribution in [3.8, 4) is 0 Å². The van der Waals surface area contributed by atoms with Crippen LogP contribution < -0.4 is 16.8 Å². The molecule has 1 fully saturated rings. The summed E-state index contributed by atoms with van der Waals surface area (Å²) in [5.74, 6) is 0.656. The van der Waals surface area contributed by atoms with Crippen LogP contribution in [-0.2, 0) is 13.0 Å². The van der Waals surface area contributed by atoms with E-state index in [-0.39, 0.29) is 5.91 Å². The van der Waals surface area contributed by atoms with Gasteiger partial charge in [0.1, 0.15) is 0 Å². The molecule has 0 radical (unpaired) electrons. The van der Waals surface area contributed by atoms with E-state index in [0.29, 0.717) is 35.0 Å². The first-order chi connectivity index (χ1) is 17.3. The quantitative estimate of drug-likeness (QED) is 0.478. The van der Waals surface area contributed by atoms with Crippen molar-refractivity contribution in [1.82, 2.24) is 19.8 Å². The molecule has 2 aromatic carbocycles. The Morgan fingerprint density at radius 2 is 1.75 bits per heavy atom. The van der Waals surface area contributed by atoms with E-state index in [4.69, 9.17) is 16.5 Å². The second-order valence-electron chi connectivity index (χ2n) is 10.3. The van der Waals surface area contributed by atoms with E-state index in [2.05, 4.69) is 54.2 Å². The smallest absolute Gasteiger partial charge is 0.253 e. The first-order valence-corrected chi connectivity index (χ1v) is 12.7. The zero-order chi connectivity index (χ0) is 25.4. The summed E-state index contributed by atoms with van der Waals surface area (Å²) in [7, 11) is 0. The highest BCUT2D eigenvalue weighted by Gasteiger charge is 2.33. The normalized spacial score (nSPS) is 18.6. The second-order valence-corrected chi connectivity index (χ2v) is 10.3. The molecule has 0 saturated carbocycles. The molecule has 0 bridgehead atoms. The molecule has 8 nitrogen and oxygen atoms in total. The number of nitrogens with one attached hydrogen (secondary N) is 1. The molecule has 0 aliphatic carbocycles. The number of aryl methyl sites for hydroxylation is 2. The summed E-state index contributed by atoms with van der Waals surface area (Å²) >= 11 is 0. The first-order valence-electron chi connectivity index (χ1n) is 12.7.